The Labute approximate surface area is 152 Å². The van der Waals surface area contributed by atoms with Gasteiger partial charge in [0.2, 0.25) is 5.91 Å². The first-order valence-corrected chi connectivity index (χ1v) is 8.32. The molecule has 2 N–H and O–H groups in total. The van der Waals surface area contributed by atoms with Crippen molar-refractivity contribution in [3.63, 3.8) is 0 Å². The molecule has 2 heterocycles. The monoisotopic (exact) mass is 404 g/mol. The fraction of sp³-hybridized carbons (Fsp3) is 0.250. The summed E-state index contributed by atoms with van der Waals surface area (Å²) in [6.45, 7) is 0.567. The number of aryl methyl sites for hydroxylation is 1. The van der Waals surface area contributed by atoms with Crippen molar-refractivity contribution in [1.82, 2.24) is 19.7 Å². The summed E-state index contributed by atoms with van der Waals surface area (Å²) < 4.78 is 7.20. The minimum absolute atomic E-state index is 0.0242. The lowest BCUT2D eigenvalue weighted by Crippen LogP contribution is -2.17. The number of hydrogen-bond acceptors (Lipinski definition) is 6. The van der Waals surface area contributed by atoms with E-state index in [-0.39, 0.29) is 12.5 Å². The van der Waals surface area contributed by atoms with E-state index < -0.39 is 0 Å². The van der Waals surface area contributed by atoms with Gasteiger partial charge in [-0.3, -0.25) is 4.79 Å². The molecule has 3 aromatic rings. The molecule has 3 rings (SSSR count). The number of carbonyl (C=O) groups excluding carboxylic acids is 1. The molecule has 9 heteroatoms. The Hall–Kier alpha value is -2.52. The third kappa shape index (κ3) is 3.94. The van der Waals surface area contributed by atoms with Crippen LogP contribution in [0.4, 0.5) is 11.5 Å². The quantitative estimate of drug-likeness (QED) is 0.654. The number of anilines is 2. The van der Waals surface area contributed by atoms with Gasteiger partial charge in [0.05, 0.1) is 5.39 Å². The molecule has 0 unspecified atom stereocenters. The standard InChI is InChI=1S/C16H17BrN6O2/c1-23-16-13(14(17)22-23)15(19-9-20-16)18-7-10-4-3-5-11(6-10)21-12(24)8-25-2/h3-6,9H,7-8H2,1-2H3,(H,21,24)(H,18,19,20). The number of methoxy groups -OCH3 is 1. The molecule has 0 fully saturated rings. The summed E-state index contributed by atoms with van der Waals surface area (Å²) in [5, 5.41) is 11.2. The summed E-state index contributed by atoms with van der Waals surface area (Å²) in [6.07, 6.45) is 1.50. The zero-order valence-electron chi connectivity index (χ0n) is 13.8. The van der Waals surface area contributed by atoms with E-state index in [2.05, 4.69) is 41.6 Å². The molecule has 2 aromatic heterocycles. The Bertz CT molecular complexity index is 911. The lowest BCUT2D eigenvalue weighted by atomic mass is 10.2. The third-order valence-electron chi connectivity index (χ3n) is 3.52. The minimum Gasteiger partial charge on any atom is -0.375 e. The van der Waals surface area contributed by atoms with Crippen molar-refractivity contribution in [2.75, 3.05) is 24.4 Å². The number of fused-ring (bicyclic) bond motifs is 1. The van der Waals surface area contributed by atoms with Gasteiger partial charge in [0.15, 0.2) is 5.65 Å². The van der Waals surface area contributed by atoms with Crippen LogP contribution in [-0.4, -0.2) is 39.4 Å². The second-order valence-corrected chi connectivity index (χ2v) is 6.12. The van der Waals surface area contributed by atoms with Gasteiger partial charge in [-0.1, -0.05) is 12.1 Å². The summed E-state index contributed by atoms with van der Waals surface area (Å²) in [7, 11) is 3.31. The maximum atomic E-state index is 11.6. The predicted molar refractivity (Wildman–Crippen MR) is 98.3 cm³/mol. The van der Waals surface area contributed by atoms with Gasteiger partial charge in [0.1, 0.15) is 23.4 Å². The topological polar surface area (TPSA) is 94.0 Å². The number of nitrogens with one attached hydrogen (secondary N) is 2. The number of nitrogens with zero attached hydrogens (tertiary/aromatic N) is 4. The van der Waals surface area contributed by atoms with Gasteiger partial charge in [-0.15, -0.1) is 0 Å². The molecule has 0 spiro atoms. The molecule has 25 heavy (non-hydrogen) atoms. The second kappa shape index (κ2) is 7.58. The van der Waals surface area contributed by atoms with E-state index in [1.807, 2.05) is 31.3 Å². The van der Waals surface area contributed by atoms with E-state index >= 15 is 0 Å². The second-order valence-electron chi connectivity index (χ2n) is 5.37. The summed E-state index contributed by atoms with van der Waals surface area (Å²) in [6, 6.07) is 7.58. The molecule has 1 aromatic carbocycles. The molecule has 0 bridgehead atoms. The fourth-order valence-electron chi connectivity index (χ4n) is 2.45. The summed E-state index contributed by atoms with van der Waals surface area (Å²) in [5.41, 5.74) is 2.46. The van der Waals surface area contributed by atoms with Crippen LogP contribution in [0, 0.1) is 0 Å². The Kier molecular flexibility index (Phi) is 5.25. The molecule has 0 saturated heterocycles. The maximum Gasteiger partial charge on any atom is 0.250 e. The van der Waals surface area contributed by atoms with Crippen molar-refractivity contribution in [2.24, 2.45) is 7.05 Å². The van der Waals surface area contributed by atoms with E-state index in [1.54, 1.807) is 4.68 Å². The molecular weight excluding hydrogens is 388 g/mol. The number of benzene rings is 1. The van der Waals surface area contributed by atoms with Crippen molar-refractivity contribution in [2.45, 2.75) is 6.54 Å². The number of rotatable bonds is 6. The number of hydrogen-bond donors (Lipinski definition) is 2. The van der Waals surface area contributed by atoms with E-state index in [0.29, 0.717) is 17.0 Å². The molecule has 1 amide bonds. The molecule has 0 aliphatic carbocycles. The lowest BCUT2D eigenvalue weighted by Gasteiger charge is -2.09. The Morgan fingerprint density at radius 2 is 2.20 bits per heavy atom. The average Bonchev–Trinajstić information content (AvgIpc) is 2.88. The highest BCUT2D eigenvalue weighted by Crippen LogP contribution is 2.27. The van der Waals surface area contributed by atoms with Gasteiger partial charge in [0.25, 0.3) is 0 Å². The first-order chi connectivity index (χ1) is 12.1. The number of aromatic nitrogens is 4. The first kappa shape index (κ1) is 17.3. The molecule has 0 saturated carbocycles. The van der Waals surface area contributed by atoms with Crippen LogP contribution in [0.5, 0.6) is 0 Å². The molecule has 130 valence electrons. The largest absolute Gasteiger partial charge is 0.375 e. The van der Waals surface area contributed by atoms with E-state index in [4.69, 9.17) is 4.74 Å². The molecule has 0 atom stereocenters. The Morgan fingerprint density at radius 3 is 3.00 bits per heavy atom. The Morgan fingerprint density at radius 1 is 1.36 bits per heavy atom. The predicted octanol–water partition coefficient (Wildman–Crippen LogP) is 2.32. The minimum atomic E-state index is -0.190. The van der Waals surface area contributed by atoms with Crippen molar-refractivity contribution in [1.29, 1.82) is 0 Å². The smallest absolute Gasteiger partial charge is 0.250 e. The van der Waals surface area contributed by atoms with Crippen LogP contribution in [-0.2, 0) is 23.1 Å². The SMILES string of the molecule is COCC(=O)Nc1cccc(CNc2ncnc3c2c(Br)nn3C)c1. The van der Waals surface area contributed by atoms with Crippen LogP contribution in [0.15, 0.2) is 35.2 Å². The van der Waals surface area contributed by atoms with E-state index in [0.717, 1.165) is 22.3 Å². The number of carbonyl (C=O) groups is 1. The van der Waals surface area contributed by atoms with Gasteiger partial charge in [-0.25, -0.2) is 14.6 Å². The van der Waals surface area contributed by atoms with Crippen LogP contribution in [0.1, 0.15) is 5.56 Å². The van der Waals surface area contributed by atoms with E-state index in [9.17, 15) is 4.79 Å². The zero-order valence-corrected chi connectivity index (χ0v) is 15.4. The van der Waals surface area contributed by atoms with Crippen LogP contribution in [0.25, 0.3) is 11.0 Å². The van der Waals surface area contributed by atoms with Crippen molar-refractivity contribution in [3.05, 3.63) is 40.8 Å². The van der Waals surface area contributed by atoms with Crippen LogP contribution in [0.2, 0.25) is 0 Å². The molecule has 0 radical (unpaired) electrons. The average molecular weight is 405 g/mol. The normalized spacial score (nSPS) is 10.8. The highest BCUT2D eigenvalue weighted by atomic mass is 79.9. The van der Waals surface area contributed by atoms with Gasteiger partial charge < -0.3 is 15.4 Å². The van der Waals surface area contributed by atoms with Gasteiger partial charge in [0, 0.05) is 26.4 Å². The Balaban J connectivity index is 1.75. The summed E-state index contributed by atoms with van der Waals surface area (Å²) >= 11 is 3.44. The van der Waals surface area contributed by atoms with Gasteiger partial charge in [-0.2, -0.15) is 5.10 Å². The third-order valence-corrected chi connectivity index (χ3v) is 4.08. The fourth-order valence-corrected chi connectivity index (χ4v) is 3.05. The van der Waals surface area contributed by atoms with Gasteiger partial charge in [-0.05, 0) is 33.6 Å². The molecular formula is C16H17BrN6O2. The van der Waals surface area contributed by atoms with Crippen LogP contribution >= 0.6 is 15.9 Å². The summed E-state index contributed by atoms with van der Waals surface area (Å²) in [4.78, 5) is 20.1. The molecule has 0 aliphatic heterocycles. The zero-order chi connectivity index (χ0) is 17.8. The van der Waals surface area contributed by atoms with Crippen molar-refractivity contribution >= 4 is 44.4 Å². The number of amides is 1. The van der Waals surface area contributed by atoms with E-state index in [1.165, 1.54) is 13.4 Å². The first-order valence-electron chi connectivity index (χ1n) is 7.53. The number of halogens is 1. The highest BCUT2D eigenvalue weighted by Gasteiger charge is 2.13. The molecule has 8 nitrogen and oxygen atoms in total. The number of ether oxygens (including phenoxy) is 1. The maximum absolute atomic E-state index is 11.6. The lowest BCUT2D eigenvalue weighted by molar-refractivity contribution is -0.119. The summed E-state index contributed by atoms with van der Waals surface area (Å²) in [5.74, 6) is 0.503. The van der Waals surface area contributed by atoms with Crippen molar-refractivity contribution in [3.8, 4) is 0 Å². The van der Waals surface area contributed by atoms with Crippen molar-refractivity contribution < 1.29 is 9.53 Å². The molecule has 0 aliphatic rings. The van der Waals surface area contributed by atoms with Crippen LogP contribution in [0.3, 0.4) is 0 Å². The highest BCUT2D eigenvalue weighted by molar-refractivity contribution is 9.10. The van der Waals surface area contributed by atoms with Crippen LogP contribution < -0.4 is 10.6 Å². The van der Waals surface area contributed by atoms with Gasteiger partial charge >= 0.3 is 0 Å².